The maximum Gasteiger partial charge on any atom is 0.330 e. The third kappa shape index (κ3) is 4.70. The predicted molar refractivity (Wildman–Crippen MR) is 138 cm³/mol. The maximum absolute atomic E-state index is 15.2. The van der Waals surface area contributed by atoms with E-state index in [9.17, 15) is 9.18 Å². The van der Waals surface area contributed by atoms with E-state index in [2.05, 4.69) is 20.1 Å². The van der Waals surface area contributed by atoms with Crippen molar-refractivity contribution < 1.29 is 18.3 Å². The lowest BCUT2D eigenvalue weighted by molar-refractivity contribution is 0.0697. The van der Waals surface area contributed by atoms with Crippen LogP contribution in [0, 0.1) is 5.82 Å². The summed E-state index contributed by atoms with van der Waals surface area (Å²) >= 11 is 0. The molecule has 0 N–H and O–H groups in total. The van der Waals surface area contributed by atoms with Crippen molar-refractivity contribution in [3.8, 4) is 11.1 Å². The van der Waals surface area contributed by atoms with Crippen molar-refractivity contribution in [2.24, 2.45) is 7.05 Å². The smallest absolute Gasteiger partial charge is 0.330 e. The summed E-state index contributed by atoms with van der Waals surface area (Å²) in [5.41, 5.74) is 3.06. The van der Waals surface area contributed by atoms with E-state index in [-0.39, 0.29) is 11.7 Å². The van der Waals surface area contributed by atoms with Crippen molar-refractivity contribution in [1.29, 1.82) is 0 Å². The third-order valence-electron chi connectivity index (χ3n) is 7.56. The molecule has 4 aromatic rings. The minimum absolute atomic E-state index is 0.0225. The summed E-state index contributed by atoms with van der Waals surface area (Å²) in [4.78, 5) is 19.7. The van der Waals surface area contributed by atoms with Gasteiger partial charge < -0.3 is 9.47 Å². The van der Waals surface area contributed by atoms with Gasteiger partial charge in [0.25, 0.3) is 0 Å². The van der Waals surface area contributed by atoms with Crippen LogP contribution in [0.5, 0.6) is 0 Å². The van der Waals surface area contributed by atoms with Gasteiger partial charge in [-0.05, 0) is 31.4 Å². The molecule has 6 rings (SSSR count). The molecule has 0 spiro atoms. The van der Waals surface area contributed by atoms with E-state index in [1.807, 2.05) is 12.1 Å². The molecule has 38 heavy (non-hydrogen) atoms. The summed E-state index contributed by atoms with van der Waals surface area (Å²) < 4.78 is 43.0. The molecule has 0 radical (unpaired) electrons. The Labute approximate surface area is 218 Å². The Kier molecular flexibility index (Phi) is 6.89. The molecule has 2 aliphatic rings. The highest BCUT2D eigenvalue weighted by atomic mass is 19.1. The number of aromatic nitrogens is 5. The van der Waals surface area contributed by atoms with Crippen LogP contribution in [0.4, 0.5) is 8.78 Å². The quantitative estimate of drug-likeness (QED) is 0.343. The number of ether oxygens (including phenoxy) is 2. The molecule has 0 aliphatic carbocycles. The Morgan fingerprint density at radius 1 is 1.16 bits per heavy atom. The van der Waals surface area contributed by atoms with Crippen molar-refractivity contribution >= 4 is 22.1 Å². The minimum Gasteiger partial charge on any atom is -0.381 e. The summed E-state index contributed by atoms with van der Waals surface area (Å²) in [6.07, 6.45) is 2.92. The monoisotopic (exact) mass is 524 g/mol. The maximum atomic E-state index is 15.2. The van der Waals surface area contributed by atoms with E-state index in [1.54, 1.807) is 23.9 Å². The van der Waals surface area contributed by atoms with Crippen molar-refractivity contribution in [2.45, 2.75) is 38.1 Å². The first-order chi connectivity index (χ1) is 18.5. The Hall–Kier alpha value is -3.28. The molecule has 2 saturated heterocycles. The van der Waals surface area contributed by atoms with Crippen molar-refractivity contribution in [3.05, 3.63) is 52.5 Å². The van der Waals surface area contributed by atoms with Gasteiger partial charge in [-0.1, -0.05) is 6.07 Å². The molecule has 0 amide bonds. The van der Waals surface area contributed by atoms with Crippen molar-refractivity contribution in [3.63, 3.8) is 0 Å². The van der Waals surface area contributed by atoms with Crippen LogP contribution >= 0.6 is 0 Å². The molecule has 0 unspecified atom stereocenters. The Balaban J connectivity index is 1.28. The first-order valence-corrected chi connectivity index (χ1v) is 13.0. The molecule has 9 nitrogen and oxygen atoms in total. The number of hydrogen-bond acceptors (Lipinski definition) is 7. The number of fused-ring (bicyclic) bond motifs is 3. The molecule has 2 aliphatic heterocycles. The minimum atomic E-state index is -0.737. The van der Waals surface area contributed by atoms with Gasteiger partial charge in [0.05, 0.1) is 24.4 Å². The van der Waals surface area contributed by atoms with Crippen LogP contribution in [0.1, 0.15) is 31.0 Å². The highest BCUT2D eigenvalue weighted by molar-refractivity contribution is 6.02. The molecule has 1 atom stereocenters. The van der Waals surface area contributed by atoms with E-state index in [1.165, 1.54) is 10.6 Å². The summed E-state index contributed by atoms with van der Waals surface area (Å²) in [5.74, 6) is -0.440. The molecule has 1 aromatic carbocycles. The highest BCUT2D eigenvalue weighted by Gasteiger charge is 2.25. The van der Waals surface area contributed by atoms with Gasteiger partial charge in [0.2, 0.25) is 0 Å². The number of aryl methyl sites for hydroxylation is 1. The summed E-state index contributed by atoms with van der Waals surface area (Å²) in [6, 6.07) is 6.70. The van der Waals surface area contributed by atoms with Crippen LogP contribution in [0.25, 0.3) is 33.2 Å². The number of hydrogen-bond donors (Lipinski definition) is 0. The van der Waals surface area contributed by atoms with Crippen LogP contribution in [0.15, 0.2) is 35.3 Å². The molecule has 0 saturated carbocycles. The molecule has 200 valence electrons. The molecule has 0 bridgehead atoms. The number of pyridine rings is 1. The van der Waals surface area contributed by atoms with Crippen LogP contribution in [0.2, 0.25) is 0 Å². The number of nitrogens with zero attached hydrogens (tertiary/aromatic N) is 6. The highest BCUT2D eigenvalue weighted by Crippen LogP contribution is 2.32. The molecule has 2 fully saturated rings. The normalized spacial score (nSPS) is 19.2. The fourth-order valence-corrected chi connectivity index (χ4v) is 5.45. The van der Waals surface area contributed by atoms with Crippen molar-refractivity contribution in [1.82, 2.24) is 29.2 Å². The van der Waals surface area contributed by atoms with E-state index in [4.69, 9.17) is 9.47 Å². The Morgan fingerprint density at radius 2 is 2.00 bits per heavy atom. The zero-order chi connectivity index (χ0) is 26.2. The Bertz CT molecular complexity index is 1510. The molecular formula is C27H30F2N6O3. The second-order valence-electron chi connectivity index (χ2n) is 10.1. The number of alkyl halides is 1. The number of imidazole rings is 1. The summed E-state index contributed by atoms with van der Waals surface area (Å²) in [7, 11) is 1.68. The number of likely N-dealkylation sites (tertiary alicyclic amines) is 1. The summed E-state index contributed by atoms with van der Waals surface area (Å²) in [5, 5.41) is 9.13. The standard InChI is InChI=1S/C27H30F2N6O3/c1-33-26-25(35(27(33)36)20-5-9-37-10-6-20)22-12-21(23(29)13-24(22)31-32-26)17-2-3-19(30-14-17)16-38-11-8-34-7-4-18(28)15-34/h2-3,12-14,18,20H,4-11,15-16H2,1H3/t18-/m1/s1. The molecular weight excluding hydrogens is 494 g/mol. The van der Waals surface area contributed by atoms with Gasteiger partial charge in [-0.3, -0.25) is 19.0 Å². The van der Waals surface area contributed by atoms with E-state index < -0.39 is 12.0 Å². The lowest BCUT2D eigenvalue weighted by Crippen LogP contribution is -2.29. The first kappa shape index (κ1) is 25.0. The molecule has 11 heteroatoms. The van der Waals surface area contributed by atoms with Gasteiger partial charge in [0.15, 0.2) is 5.65 Å². The van der Waals surface area contributed by atoms with Gasteiger partial charge in [-0.15, -0.1) is 10.2 Å². The second kappa shape index (κ2) is 10.5. The number of halogens is 2. The van der Waals surface area contributed by atoms with Gasteiger partial charge in [0.1, 0.15) is 17.5 Å². The number of benzene rings is 1. The fourth-order valence-electron chi connectivity index (χ4n) is 5.45. The first-order valence-electron chi connectivity index (χ1n) is 13.0. The van der Waals surface area contributed by atoms with Gasteiger partial charge in [0, 0.05) is 74.7 Å². The second-order valence-corrected chi connectivity index (χ2v) is 10.1. The average molecular weight is 525 g/mol. The SMILES string of the molecule is Cn1c(=O)n(C2CCOCC2)c2c3cc(-c4ccc(COCCN5CC[C@@H](F)C5)nc4)c(F)cc3nnc21. The van der Waals surface area contributed by atoms with Crippen LogP contribution in [-0.2, 0) is 23.1 Å². The topological polar surface area (TPSA) is 87.3 Å². The van der Waals surface area contributed by atoms with Crippen LogP contribution in [0.3, 0.4) is 0 Å². The van der Waals surface area contributed by atoms with Gasteiger partial charge in [-0.25, -0.2) is 13.6 Å². The summed E-state index contributed by atoms with van der Waals surface area (Å²) in [6.45, 7) is 3.92. The zero-order valence-electron chi connectivity index (χ0n) is 21.3. The molecule has 3 aromatic heterocycles. The largest absolute Gasteiger partial charge is 0.381 e. The predicted octanol–water partition coefficient (Wildman–Crippen LogP) is 3.40. The van der Waals surface area contributed by atoms with Gasteiger partial charge >= 0.3 is 5.69 Å². The van der Waals surface area contributed by atoms with Crippen LogP contribution < -0.4 is 5.69 Å². The molecule has 5 heterocycles. The average Bonchev–Trinajstić information content (AvgIpc) is 3.47. The third-order valence-corrected chi connectivity index (χ3v) is 7.56. The number of rotatable bonds is 7. The van der Waals surface area contributed by atoms with Crippen molar-refractivity contribution in [2.75, 3.05) is 39.5 Å². The lowest BCUT2D eigenvalue weighted by atomic mass is 10.0. The van der Waals surface area contributed by atoms with E-state index >= 15 is 4.39 Å². The Morgan fingerprint density at radius 3 is 2.74 bits per heavy atom. The van der Waals surface area contributed by atoms with E-state index in [0.29, 0.717) is 79.1 Å². The zero-order valence-corrected chi connectivity index (χ0v) is 21.3. The van der Waals surface area contributed by atoms with E-state index in [0.717, 1.165) is 25.1 Å². The van der Waals surface area contributed by atoms with Crippen LogP contribution in [-0.4, -0.2) is 74.8 Å². The fraction of sp³-hybridized carbons (Fsp3) is 0.481. The van der Waals surface area contributed by atoms with Gasteiger partial charge in [-0.2, -0.15) is 0 Å². The lowest BCUT2D eigenvalue weighted by Gasteiger charge is -2.23.